The van der Waals surface area contributed by atoms with Gasteiger partial charge in [-0.05, 0) is 37.8 Å². The van der Waals surface area contributed by atoms with E-state index in [-0.39, 0.29) is 12.0 Å². The quantitative estimate of drug-likeness (QED) is 0.841. The molecule has 1 unspecified atom stereocenters. The van der Waals surface area contributed by atoms with Crippen LogP contribution in [0, 0.1) is 11.8 Å². The fourth-order valence-corrected chi connectivity index (χ4v) is 5.78. The first kappa shape index (κ1) is 13.5. The molecule has 5 atom stereocenters. The third kappa shape index (κ3) is 1.99. The van der Waals surface area contributed by atoms with E-state index in [0.717, 1.165) is 37.4 Å². The minimum absolute atomic E-state index is 0.211. The van der Waals surface area contributed by atoms with Crippen molar-refractivity contribution in [1.29, 1.82) is 0 Å². The molecule has 5 heterocycles. The van der Waals surface area contributed by atoms with E-state index in [1.165, 1.54) is 17.7 Å². The van der Waals surface area contributed by atoms with Crippen LogP contribution >= 0.6 is 11.3 Å². The Labute approximate surface area is 134 Å². The largest absolute Gasteiger partial charge is 0.374 e. The van der Waals surface area contributed by atoms with Gasteiger partial charge in [-0.25, -0.2) is 0 Å². The van der Waals surface area contributed by atoms with E-state index in [9.17, 15) is 4.79 Å². The Morgan fingerprint density at radius 3 is 2.59 bits per heavy atom. The molecule has 0 saturated carbocycles. The van der Waals surface area contributed by atoms with E-state index in [2.05, 4.69) is 11.0 Å². The Hall–Kier alpha value is -0.910. The number of fused-ring (bicyclic) bond motifs is 5. The second kappa shape index (κ2) is 5.05. The van der Waals surface area contributed by atoms with Crippen LogP contribution in [-0.4, -0.2) is 42.7 Å². The minimum atomic E-state index is 0.211. The molecular formula is C17H21NO3S. The molecule has 5 heteroatoms. The Morgan fingerprint density at radius 1 is 1.14 bits per heavy atom. The zero-order chi connectivity index (χ0) is 14.7. The van der Waals surface area contributed by atoms with E-state index in [4.69, 9.17) is 9.47 Å². The molecule has 0 aliphatic carbocycles. The normalized spacial score (nSPS) is 39.6. The third-order valence-corrected chi connectivity index (χ3v) is 6.99. The molecule has 1 aromatic rings. The smallest absolute Gasteiger partial charge is 0.263 e. The summed E-state index contributed by atoms with van der Waals surface area (Å²) in [6, 6.07) is 4.07. The van der Waals surface area contributed by atoms with Gasteiger partial charge >= 0.3 is 0 Å². The molecule has 5 rings (SSSR count). The Bertz CT molecular complexity index is 576. The molecular weight excluding hydrogens is 298 g/mol. The SMILES string of the molecule is O=C(c1ccc(C2CCCO2)s1)N1C[C@@H]2[C@H](C1)[C@H]1CC[C@@H]2O1. The summed E-state index contributed by atoms with van der Waals surface area (Å²) < 4.78 is 11.7. The highest BCUT2D eigenvalue weighted by Crippen LogP contribution is 2.47. The number of hydrogen-bond donors (Lipinski definition) is 0. The summed E-state index contributed by atoms with van der Waals surface area (Å²) >= 11 is 1.62. The van der Waals surface area contributed by atoms with Crippen LogP contribution < -0.4 is 0 Å². The molecule has 1 aromatic heterocycles. The summed E-state index contributed by atoms with van der Waals surface area (Å²) in [5.74, 6) is 1.38. The molecule has 2 bridgehead atoms. The average molecular weight is 319 g/mol. The van der Waals surface area contributed by atoms with Crippen LogP contribution in [0.3, 0.4) is 0 Å². The van der Waals surface area contributed by atoms with Crippen molar-refractivity contribution in [2.75, 3.05) is 19.7 Å². The molecule has 1 amide bonds. The highest BCUT2D eigenvalue weighted by Gasteiger charge is 2.53. The van der Waals surface area contributed by atoms with Crippen molar-refractivity contribution in [2.45, 2.75) is 44.0 Å². The molecule has 0 spiro atoms. The van der Waals surface area contributed by atoms with Crippen molar-refractivity contribution in [2.24, 2.45) is 11.8 Å². The fourth-order valence-electron chi connectivity index (χ4n) is 4.72. The van der Waals surface area contributed by atoms with E-state index in [1.54, 1.807) is 11.3 Å². The van der Waals surface area contributed by atoms with Gasteiger partial charge in [0.2, 0.25) is 0 Å². The lowest BCUT2D eigenvalue weighted by atomic mass is 9.82. The Balaban J connectivity index is 1.31. The number of rotatable bonds is 2. The van der Waals surface area contributed by atoms with Crippen LogP contribution in [0.4, 0.5) is 0 Å². The van der Waals surface area contributed by atoms with Gasteiger partial charge in [0.05, 0.1) is 23.2 Å². The third-order valence-electron chi connectivity index (χ3n) is 5.82. The average Bonchev–Trinajstić information content (AvgIpc) is 3.35. The number of amides is 1. The van der Waals surface area contributed by atoms with Gasteiger partial charge < -0.3 is 14.4 Å². The second-order valence-electron chi connectivity index (χ2n) is 7.03. The predicted molar refractivity (Wildman–Crippen MR) is 83.0 cm³/mol. The first-order valence-electron chi connectivity index (χ1n) is 8.45. The Kier molecular flexibility index (Phi) is 3.10. The summed E-state index contributed by atoms with van der Waals surface area (Å²) in [4.78, 5) is 16.9. The Morgan fingerprint density at radius 2 is 1.91 bits per heavy atom. The van der Waals surface area contributed by atoms with Gasteiger partial charge in [-0.3, -0.25) is 4.79 Å². The van der Waals surface area contributed by atoms with Crippen molar-refractivity contribution < 1.29 is 14.3 Å². The van der Waals surface area contributed by atoms with Gasteiger partial charge in [0.15, 0.2) is 0 Å². The number of hydrogen-bond acceptors (Lipinski definition) is 4. The van der Waals surface area contributed by atoms with Gasteiger partial charge in [0.25, 0.3) is 5.91 Å². The van der Waals surface area contributed by atoms with Gasteiger partial charge in [-0.15, -0.1) is 11.3 Å². The fraction of sp³-hybridized carbons (Fsp3) is 0.706. The maximum Gasteiger partial charge on any atom is 0.263 e. The lowest BCUT2D eigenvalue weighted by molar-refractivity contribution is 0.0597. The summed E-state index contributed by atoms with van der Waals surface area (Å²) in [5.41, 5.74) is 0. The van der Waals surface area contributed by atoms with Crippen LogP contribution in [0.2, 0.25) is 0 Å². The molecule has 4 aliphatic heterocycles. The van der Waals surface area contributed by atoms with Crippen LogP contribution in [0.1, 0.15) is 46.3 Å². The molecule has 4 aliphatic rings. The molecule has 22 heavy (non-hydrogen) atoms. The van der Waals surface area contributed by atoms with E-state index in [0.29, 0.717) is 24.0 Å². The maximum atomic E-state index is 12.8. The lowest BCUT2D eigenvalue weighted by Gasteiger charge is -2.18. The summed E-state index contributed by atoms with van der Waals surface area (Å²) in [6.45, 7) is 2.62. The highest BCUT2D eigenvalue weighted by atomic mass is 32.1. The second-order valence-corrected chi connectivity index (χ2v) is 8.15. The lowest BCUT2D eigenvalue weighted by Crippen LogP contribution is -2.30. The maximum absolute atomic E-state index is 12.8. The van der Waals surface area contributed by atoms with Crippen LogP contribution in [-0.2, 0) is 9.47 Å². The zero-order valence-electron chi connectivity index (χ0n) is 12.6. The van der Waals surface area contributed by atoms with Gasteiger partial charge in [0, 0.05) is 36.4 Å². The molecule has 4 fully saturated rings. The first-order chi connectivity index (χ1) is 10.8. The number of carbonyl (C=O) groups is 1. The van der Waals surface area contributed by atoms with Crippen molar-refractivity contribution in [3.63, 3.8) is 0 Å². The number of nitrogens with zero attached hydrogens (tertiary/aromatic N) is 1. The first-order valence-corrected chi connectivity index (χ1v) is 9.27. The van der Waals surface area contributed by atoms with Gasteiger partial charge in [-0.1, -0.05) is 0 Å². The molecule has 0 N–H and O–H groups in total. The van der Waals surface area contributed by atoms with E-state index in [1.807, 2.05) is 6.07 Å². The molecule has 118 valence electrons. The van der Waals surface area contributed by atoms with Crippen LogP contribution in [0.5, 0.6) is 0 Å². The summed E-state index contributed by atoms with van der Waals surface area (Å²) in [7, 11) is 0. The van der Waals surface area contributed by atoms with Crippen molar-refractivity contribution in [3.05, 3.63) is 21.9 Å². The highest BCUT2D eigenvalue weighted by molar-refractivity contribution is 7.14. The number of likely N-dealkylation sites (tertiary alicyclic amines) is 1. The number of carbonyl (C=O) groups excluding carboxylic acids is 1. The number of thiophene rings is 1. The van der Waals surface area contributed by atoms with Gasteiger partial charge in [0.1, 0.15) is 0 Å². The zero-order valence-corrected chi connectivity index (χ0v) is 13.4. The molecule has 4 nitrogen and oxygen atoms in total. The summed E-state index contributed by atoms with van der Waals surface area (Å²) in [5, 5.41) is 0. The minimum Gasteiger partial charge on any atom is -0.374 e. The number of ether oxygens (including phenoxy) is 2. The molecule has 0 aromatic carbocycles. The van der Waals surface area contributed by atoms with Crippen molar-refractivity contribution in [3.8, 4) is 0 Å². The molecule has 4 saturated heterocycles. The van der Waals surface area contributed by atoms with Crippen LogP contribution in [0.15, 0.2) is 12.1 Å². The van der Waals surface area contributed by atoms with Crippen molar-refractivity contribution in [1.82, 2.24) is 4.90 Å². The monoisotopic (exact) mass is 319 g/mol. The van der Waals surface area contributed by atoms with Crippen LogP contribution in [0.25, 0.3) is 0 Å². The predicted octanol–water partition coefficient (Wildman–Crippen LogP) is 2.85. The van der Waals surface area contributed by atoms with Gasteiger partial charge in [-0.2, -0.15) is 0 Å². The summed E-state index contributed by atoms with van der Waals surface area (Å²) in [6.07, 6.45) is 5.64. The van der Waals surface area contributed by atoms with Crippen molar-refractivity contribution >= 4 is 17.2 Å². The standard InChI is InChI=1S/C17H21NO3S/c19-17(16-6-5-15(22-16)14-2-1-7-20-14)18-8-10-11(9-18)13-4-3-12(10)21-13/h5-6,10-14H,1-4,7-9H2/t10-,11+,12+,13-,14?. The molecule has 0 radical (unpaired) electrons. The topological polar surface area (TPSA) is 38.8 Å². The van der Waals surface area contributed by atoms with E-state index < -0.39 is 0 Å². The van der Waals surface area contributed by atoms with E-state index >= 15 is 0 Å².